The second kappa shape index (κ2) is 10.0. The first-order valence-corrected chi connectivity index (χ1v) is 12.1. The molecule has 0 bridgehead atoms. The molecule has 3 aromatic rings. The number of hydrogen-bond donors (Lipinski definition) is 2. The maximum Gasteiger partial charge on any atom is 0.172 e. The molecule has 2 heterocycles. The van der Waals surface area contributed by atoms with Gasteiger partial charge in [0.25, 0.3) is 0 Å². The Kier molecular flexibility index (Phi) is 6.71. The van der Waals surface area contributed by atoms with Crippen molar-refractivity contribution in [2.45, 2.75) is 31.2 Å². The Hall–Kier alpha value is -2.74. The number of likely N-dealkylation sites (tertiary alicyclic amines) is 1. The van der Waals surface area contributed by atoms with Crippen LogP contribution in [0, 0.1) is 0 Å². The minimum atomic E-state index is 0.227. The van der Waals surface area contributed by atoms with Gasteiger partial charge in [0, 0.05) is 44.3 Å². The normalized spacial score (nSPS) is 20.0. The van der Waals surface area contributed by atoms with E-state index in [4.69, 9.17) is 22.1 Å². The molecule has 1 aliphatic carbocycles. The molecule has 33 heavy (non-hydrogen) atoms. The van der Waals surface area contributed by atoms with E-state index >= 15 is 0 Å². The van der Waals surface area contributed by atoms with Gasteiger partial charge in [0.1, 0.15) is 5.82 Å². The van der Waals surface area contributed by atoms with Gasteiger partial charge in [-0.1, -0.05) is 48.5 Å². The first kappa shape index (κ1) is 22.1. The topological polar surface area (TPSA) is 54.4 Å². The van der Waals surface area contributed by atoms with Crippen molar-refractivity contribution in [1.29, 1.82) is 0 Å². The number of aryl methyl sites for hydroxylation is 1. The van der Waals surface area contributed by atoms with Gasteiger partial charge >= 0.3 is 0 Å². The van der Waals surface area contributed by atoms with Crippen molar-refractivity contribution >= 4 is 23.1 Å². The molecule has 0 radical (unpaired) electrons. The van der Waals surface area contributed by atoms with Crippen molar-refractivity contribution in [2.24, 2.45) is 0 Å². The monoisotopic (exact) mass is 461 g/mol. The molecule has 0 saturated carbocycles. The van der Waals surface area contributed by atoms with E-state index in [1.807, 2.05) is 22.9 Å². The molecule has 0 amide bonds. The second-order valence-electron chi connectivity index (χ2n) is 8.85. The van der Waals surface area contributed by atoms with Gasteiger partial charge in [-0.05, 0) is 49.2 Å². The number of thiocarbonyl (C=S) groups is 1. The number of aromatic nitrogens is 2. The Bertz CT molecular complexity index is 1080. The van der Waals surface area contributed by atoms with Crippen LogP contribution in [0.1, 0.15) is 29.2 Å². The summed E-state index contributed by atoms with van der Waals surface area (Å²) in [6.07, 6.45) is 3.21. The fourth-order valence-corrected chi connectivity index (χ4v) is 5.31. The number of nitrogens with zero attached hydrogens (tertiary/aromatic N) is 3. The molecule has 1 aliphatic heterocycles. The summed E-state index contributed by atoms with van der Waals surface area (Å²) in [5, 5.41) is 12.7. The maximum absolute atomic E-state index is 5.84. The highest BCUT2D eigenvalue weighted by atomic mass is 32.1. The lowest BCUT2D eigenvalue weighted by Gasteiger charge is -2.23. The number of para-hydroxylation sites is 1. The molecule has 0 spiro atoms. The quantitative estimate of drug-likeness (QED) is 0.523. The third-order valence-corrected chi connectivity index (χ3v) is 6.91. The lowest BCUT2D eigenvalue weighted by atomic mass is 9.94. The summed E-state index contributed by atoms with van der Waals surface area (Å²) >= 11 is 5.84. The van der Waals surface area contributed by atoms with E-state index in [0.29, 0.717) is 11.0 Å². The molecular formula is C26H31N5OS. The molecule has 0 unspecified atom stereocenters. The highest BCUT2D eigenvalue weighted by molar-refractivity contribution is 7.80. The van der Waals surface area contributed by atoms with Crippen LogP contribution in [0.15, 0.2) is 60.7 Å². The average Bonchev–Trinajstić information content (AvgIpc) is 3.55. The van der Waals surface area contributed by atoms with Crippen molar-refractivity contribution in [1.82, 2.24) is 20.0 Å². The van der Waals surface area contributed by atoms with Gasteiger partial charge in [0.15, 0.2) is 5.11 Å². The van der Waals surface area contributed by atoms with Crippen LogP contribution in [-0.2, 0) is 17.6 Å². The Morgan fingerprint density at radius 1 is 1.06 bits per heavy atom. The third kappa shape index (κ3) is 4.81. The van der Waals surface area contributed by atoms with Gasteiger partial charge < -0.3 is 15.4 Å². The Morgan fingerprint density at radius 2 is 1.82 bits per heavy atom. The Balaban J connectivity index is 1.35. The SMILES string of the molecule is COCCN1C[C@@H](NC(=S)Nc2c3c(nn2-c2ccccc2)CCC3)[C@H](c2ccccc2)C1. The zero-order chi connectivity index (χ0) is 22.6. The molecule has 1 fully saturated rings. The molecule has 2 N–H and O–H groups in total. The summed E-state index contributed by atoms with van der Waals surface area (Å²) in [5.41, 5.74) is 4.85. The zero-order valence-corrected chi connectivity index (χ0v) is 19.9. The van der Waals surface area contributed by atoms with Gasteiger partial charge in [-0.3, -0.25) is 4.90 Å². The van der Waals surface area contributed by atoms with Crippen molar-refractivity contribution in [3.63, 3.8) is 0 Å². The summed E-state index contributed by atoms with van der Waals surface area (Å²) in [4.78, 5) is 2.45. The summed E-state index contributed by atoms with van der Waals surface area (Å²) in [7, 11) is 1.76. The number of fused-ring (bicyclic) bond motifs is 1. The van der Waals surface area contributed by atoms with E-state index < -0.39 is 0 Å². The van der Waals surface area contributed by atoms with Crippen LogP contribution in [0.25, 0.3) is 5.69 Å². The van der Waals surface area contributed by atoms with Crippen LogP contribution < -0.4 is 10.6 Å². The molecule has 5 rings (SSSR count). The van der Waals surface area contributed by atoms with Gasteiger partial charge in [0.2, 0.25) is 0 Å². The predicted octanol–water partition coefficient (Wildman–Crippen LogP) is 3.76. The highest BCUT2D eigenvalue weighted by Crippen LogP contribution is 2.31. The van der Waals surface area contributed by atoms with Crippen molar-refractivity contribution in [3.05, 3.63) is 77.5 Å². The number of methoxy groups -OCH3 is 1. The van der Waals surface area contributed by atoms with E-state index in [0.717, 1.165) is 57.0 Å². The summed E-state index contributed by atoms with van der Waals surface area (Å²) < 4.78 is 7.33. The average molecular weight is 462 g/mol. The number of hydrogen-bond acceptors (Lipinski definition) is 4. The number of nitrogens with one attached hydrogen (secondary N) is 2. The van der Waals surface area contributed by atoms with Crippen LogP contribution >= 0.6 is 12.2 Å². The van der Waals surface area contributed by atoms with E-state index in [9.17, 15) is 0 Å². The van der Waals surface area contributed by atoms with Crippen LogP contribution in [0.2, 0.25) is 0 Å². The molecule has 2 aromatic carbocycles. The first-order valence-electron chi connectivity index (χ1n) is 11.7. The van der Waals surface area contributed by atoms with Gasteiger partial charge in [0.05, 0.1) is 18.0 Å². The molecular weight excluding hydrogens is 430 g/mol. The zero-order valence-electron chi connectivity index (χ0n) is 19.0. The molecule has 172 valence electrons. The number of benzene rings is 2. The molecule has 2 atom stereocenters. The first-order chi connectivity index (χ1) is 16.2. The molecule has 1 saturated heterocycles. The van der Waals surface area contributed by atoms with Gasteiger partial charge in [-0.2, -0.15) is 5.10 Å². The third-order valence-electron chi connectivity index (χ3n) is 6.69. The van der Waals surface area contributed by atoms with Crippen LogP contribution in [0.3, 0.4) is 0 Å². The van der Waals surface area contributed by atoms with Gasteiger partial charge in [-0.25, -0.2) is 4.68 Å². The molecule has 7 heteroatoms. The Labute approximate surface area is 200 Å². The number of rotatable bonds is 7. The van der Waals surface area contributed by atoms with Crippen molar-refractivity contribution < 1.29 is 4.74 Å². The van der Waals surface area contributed by atoms with Crippen LogP contribution in [0.4, 0.5) is 5.82 Å². The van der Waals surface area contributed by atoms with Crippen LogP contribution in [0.5, 0.6) is 0 Å². The van der Waals surface area contributed by atoms with Crippen molar-refractivity contribution in [3.8, 4) is 5.69 Å². The fraction of sp³-hybridized carbons (Fsp3) is 0.385. The van der Waals surface area contributed by atoms with E-state index in [-0.39, 0.29) is 6.04 Å². The van der Waals surface area contributed by atoms with Gasteiger partial charge in [-0.15, -0.1) is 0 Å². The summed E-state index contributed by atoms with van der Waals surface area (Å²) in [5.74, 6) is 1.37. The predicted molar refractivity (Wildman–Crippen MR) is 136 cm³/mol. The Morgan fingerprint density at radius 3 is 2.58 bits per heavy atom. The molecule has 2 aliphatic rings. The smallest absolute Gasteiger partial charge is 0.172 e. The van der Waals surface area contributed by atoms with E-state index in [2.05, 4.69) is 58.0 Å². The lowest BCUT2D eigenvalue weighted by molar-refractivity contribution is 0.159. The van der Waals surface area contributed by atoms with Crippen molar-refractivity contribution in [2.75, 3.05) is 38.7 Å². The number of anilines is 1. The minimum absolute atomic E-state index is 0.227. The fourth-order valence-electron chi connectivity index (χ4n) is 5.06. The second-order valence-corrected chi connectivity index (χ2v) is 9.26. The minimum Gasteiger partial charge on any atom is -0.383 e. The van der Waals surface area contributed by atoms with E-state index in [1.54, 1.807) is 7.11 Å². The lowest BCUT2D eigenvalue weighted by Crippen LogP contribution is -2.42. The maximum atomic E-state index is 5.84. The summed E-state index contributed by atoms with van der Waals surface area (Å²) in [6, 6.07) is 21.2. The molecule has 1 aromatic heterocycles. The number of ether oxygens (including phenoxy) is 1. The molecule has 6 nitrogen and oxygen atoms in total. The standard InChI is InChI=1S/C26H31N5OS/c1-32-16-15-30-17-22(19-9-4-2-5-10-19)24(18-30)27-26(33)28-25-21-13-8-14-23(21)29-31(25)20-11-6-3-7-12-20/h2-7,9-12,22,24H,8,13-18H2,1H3,(H2,27,28,33)/t22-,24+/m0/s1. The highest BCUT2D eigenvalue weighted by Gasteiger charge is 2.34. The largest absolute Gasteiger partial charge is 0.383 e. The summed E-state index contributed by atoms with van der Waals surface area (Å²) in [6.45, 7) is 3.58. The van der Waals surface area contributed by atoms with E-state index in [1.165, 1.54) is 16.8 Å². The van der Waals surface area contributed by atoms with Crippen LogP contribution in [-0.4, -0.2) is 59.2 Å².